The number of rotatable bonds is 7. The molecule has 1 saturated heterocycles. The molecular weight excluding hydrogens is 522 g/mol. The zero-order valence-corrected chi connectivity index (χ0v) is 20.2. The fraction of sp³-hybridized carbons (Fsp3) is 0.417. The maximum atomic E-state index is 13.7. The van der Waals surface area contributed by atoms with E-state index in [4.69, 9.17) is 26.8 Å². The molecule has 2 heterocycles. The topological polar surface area (TPSA) is 103 Å². The number of carbonyl (C=O) groups is 2. The second kappa shape index (κ2) is 10.6. The Balaban J connectivity index is 1.41. The highest BCUT2D eigenvalue weighted by molar-refractivity contribution is 6.30. The molecule has 3 N–H and O–H groups in total. The quantitative estimate of drug-likeness (QED) is 0.397. The summed E-state index contributed by atoms with van der Waals surface area (Å²) in [6, 6.07) is 7.63. The summed E-state index contributed by atoms with van der Waals surface area (Å²) in [5.41, 5.74) is 5.67. The van der Waals surface area contributed by atoms with Gasteiger partial charge in [0.05, 0.1) is 5.69 Å². The standard InChI is InChI=1S/C24H24ClF4N3O5/c25-15-1-4-19-14(9-15)11-23(37-19)5-7-32(8-6-23)12-17(36-21(33)24(27,28)29)13-35-20-10-16(26)2-3-18(20)31-22(30)34/h1-4,9-10,17H,5-8,11-13H2,(H3,30,31,34)/t17-/m1/s1. The molecule has 0 radical (unpaired) electrons. The summed E-state index contributed by atoms with van der Waals surface area (Å²) in [4.78, 5) is 24.6. The minimum absolute atomic E-state index is 0.00719. The minimum atomic E-state index is -5.20. The van der Waals surface area contributed by atoms with E-state index < -0.39 is 42.3 Å². The molecule has 2 aliphatic rings. The summed E-state index contributed by atoms with van der Waals surface area (Å²) < 4.78 is 68.8. The van der Waals surface area contributed by atoms with E-state index in [1.807, 2.05) is 17.0 Å². The number of ether oxygens (including phenoxy) is 3. The molecule has 1 atom stereocenters. The highest BCUT2D eigenvalue weighted by atomic mass is 35.5. The number of primary amides is 1. The number of piperidine rings is 1. The number of nitrogens with two attached hydrogens (primary N) is 1. The van der Waals surface area contributed by atoms with Gasteiger partial charge in [-0.3, -0.25) is 4.90 Å². The Morgan fingerprint density at radius 1 is 1.19 bits per heavy atom. The number of benzene rings is 2. The molecule has 1 spiro atoms. The zero-order valence-electron chi connectivity index (χ0n) is 19.4. The molecule has 0 unspecified atom stereocenters. The van der Waals surface area contributed by atoms with Crippen molar-refractivity contribution in [2.24, 2.45) is 5.73 Å². The predicted molar refractivity (Wildman–Crippen MR) is 125 cm³/mol. The van der Waals surface area contributed by atoms with Crippen molar-refractivity contribution in [3.05, 3.63) is 52.8 Å². The first-order valence-corrected chi connectivity index (χ1v) is 11.8. The number of hydrogen-bond acceptors (Lipinski definition) is 6. The van der Waals surface area contributed by atoms with Crippen LogP contribution < -0.4 is 20.5 Å². The lowest BCUT2D eigenvalue weighted by atomic mass is 9.87. The zero-order chi connectivity index (χ0) is 26.8. The number of likely N-dealkylation sites (tertiary alicyclic amines) is 1. The Labute approximate surface area is 214 Å². The van der Waals surface area contributed by atoms with Gasteiger partial charge in [-0.05, 0) is 35.9 Å². The molecule has 13 heteroatoms. The van der Waals surface area contributed by atoms with Gasteiger partial charge < -0.3 is 25.3 Å². The molecule has 0 saturated carbocycles. The van der Waals surface area contributed by atoms with Crippen LogP contribution in [0.4, 0.5) is 28.0 Å². The number of anilines is 1. The maximum absolute atomic E-state index is 13.7. The van der Waals surface area contributed by atoms with Gasteiger partial charge in [-0.1, -0.05) is 11.6 Å². The second-order valence-electron chi connectivity index (χ2n) is 8.98. The predicted octanol–water partition coefficient (Wildman–Crippen LogP) is 4.29. The minimum Gasteiger partial charge on any atom is -0.487 e. The number of nitrogens with zero attached hydrogens (tertiary/aromatic N) is 1. The number of urea groups is 1. The Morgan fingerprint density at radius 3 is 2.59 bits per heavy atom. The van der Waals surface area contributed by atoms with Gasteiger partial charge >= 0.3 is 18.2 Å². The smallest absolute Gasteiger partial charge is 0.487 e. The van der Waals surface area contributed by atoms with Crippen molar-refractivity contribution < 1.29 is 41.4 Å². The van der Waals surface area contributed by atoms with E-state index in [1.54, 1.807) is 6.07 Å². The Morgan fingerprint density at radius 2 is 1.92 bits per heavy atom. The average molecular weight is 546 g/mol. The number of amides is 2. The molecule has 37 heavy (non-hydrogen) atoms. The van der Waals surface area contributed by atoms with Crippen molar-refractivity contribution in [3.8, 4) is 11.5 Å². The molecule has 2 aromatic carbocycles. The number of nitrogens with one attached hydrogen (secondary N) is 1. The van der Waals surface area contributed by atoms with E-state index in [0.717, 1.165) is 23.4 Å². The van der Waals surface area contributed by atoms with Crippen molar-refractivity contribution in [3.63, 3.8) is 0 Å². The van der Waals surface area contributed by atoms with Gasteiger partial charge in [0.15, 0.2) is 0 Å². The molecule has 0 aromatic heterocycles. The number of esters is 1. The van der Waals surface area contributed by atoms with Gasteiger partial charge in [0.1, 0.15) is 35.6 Å². The summed E-state index contributed by atoms with van der Waals surface area (Å²) in [6.07, 6.45) is -4.69. The lowest BCUT2D eigenvalue weighted by Crippen LogP contribution is -2.50. The van der Waals surface area contributed by atoms with Crippen LogP contribution in [0.3, 0.4) is 0 Å². The van der Waals surface area contributed by atoms with Crippen LogP contribution >= 0.6 is 11.6 Å². The monoisotopic (exact) mass is 545 g/mol. The molecule has 0 aliphatic carbocycles. The SMILES string of the molecule is NC(=O)Nc1ccc(F)cc1OC[C@@H](CN1CCC2(CC1)Cc1cc(Cl)ccc1O2)OC(=O)C(F)(F)F. The highest BCUT2D eigenvalue weighted by Crippen LogP contribution is 2.42. The summed E-state index contributed by atoms with van der Waals surface area (Å²) >= 11 is 6.08. The first-order valence-electron chi connectivity index (χ1n) is 11.4. The molecule has 2 aliphatic heterocycles. The maximum Gasteiger partial charge on any atom is 0.490 e. The first kappa shape index (κ1) is 26.8. The summed E-state index contributed by atoms with van der Waals surface area (Å²) in [6.45, 7) is 0.345. The fourth-order valence-electron chi connectivity index (χ4n) is 4.49. The molecule has 0 bridgehead atoms. The van der Waals surface area contributed by atoms with Crippen molar-refractivity contribution in [2.45, 2.75) is 37.1 Å². The van der Waals surface area contributed by atoms with E-state index in [1.165, 1.54) is 6.07 Å². The number of alkyl halides is 3. The molecule has 200 valence electrons. The van der Waals surface area contributed by atoms with Crippen LogP contribution in [0.1, 0.15) is 18.4 Å². The van der Waals surface area contributed by atoms with Crippen LogP contribution in [0.15, 0.2) is 36.4 Å². The van der Waals surface area contributed by atoms with E-state index in [9.17, 15) is 27.2 Å². The summed E-state index contributed by atoms with van der Waals surface area (Å²) in [5.74, 6) is -2.50. The van der Waals surface area contributed by atoms with Crippen molar-refractivity contribution in [2.75, 3.05) is 31.6 Å². The lowest BCUT2D eigenvalue weighted by molar-refractivity contribution is -0.206. The molecule has 2 aromatic rings. The van der Waals surface area contributed by atoms with Gasteiger partial charge in [-0.25, -0.2) is 14.0 Å². The molecule has 4 rings (SSSR count). The number of carbonyl (C=O) groups excluding carboxylic acids is 2. The molecule has 1 fully saturated rings. The van der Waals surface area contributed by atoms with E-state index in [0.29, 0.717) is 37.4 Å². The normalized spacial score (nSPS) is 17.5. The highest BCUT2D eigenvalue weighted by Gasteiger charge is 2.44. The van der Waals surface area contributed by atoms with Crippen molar-refractivity contribution >= 4 is 29.3 Å². The van der Waals surface area contributed by atoms with Gasteiger partial charge in [0.2, 0.25) is 0 Å². The molecule has 8 nitrogen and oxygen atoms in total. The van der Waals surface area contributed by atoms with E-state index in [2.05, 4.69) is 10.1 Å². The number of hydrogen-bond donors (Lipinski definition) is 2. The van der Waals surface area contributed by atoms with Crippen LogP contribution in [0.2, 0.25) is 5.02 Å². The van der Waals surface area contributed by atoms with Gasteiger partial charge in [0, 0.05) is 50.0 Å². The molecular formula is C24H24ClF4N3O5. The number of halogens is 5. The first-order chi connectivity index (χ1) is 17.4. The second-order valence-corrected chi connectivity index (χ2v) is 9.42. The van der Waals surface area contributed by atoms with Crippen LogP contribution in [-0.2, 0) is 16.0 Å². The fourth-order valence-corrected chi connectivity index (χ4v) is 4.68. The lowest BCUT2D eigenvalue weighted by Gasteiger charge is -2.39. The largest absolute Gasteiger partial charge is 0.490 e. The van der Waals surface area contributed by atoms with Crippen LogP contribution in [0.5, 0.6) is 11.5 Å². The van der Waals surface area contributed by atoms with Crippen molar-refractivity contribution in [1.29, 1.82) is 0 Å². The molecule has 2 amide bonds. The van der Waals surface area contributed by atoms with E-state index >= 15 is 0 Å². The number of fused-ring (bicyclic) bond motifs is 1. The summed E-state index contributed by atoms with van der Waals surface area (Å²) in [5, 5.41) is 2.85. The summed E-state index contributed by atoms with van der Waals surface area (Å²) in [7, 11) is 0. The third-order valence-corrected chi connectivity index (χ3v) is 6.46. The Kier molecular flexibility index (Phi) is 7.69. The third kappa shape index (κ3) is 6.75. The van der Waals surface area contributed by atoms with Gasteiger partial charge in [-0.15, -0.1) is 0 Å². The average Bonchev–Trinajstić information content (AvgIpc) is 3.16. The van der Waals surface area contributed by atoms with Gasteiger partial charge in [-0.2, -0.15) is 13.2 Å². The van der Waals surface area contributed by atoms with E-state index in [-0.39, 0.29) is 18.0 Å². The van der Waals surface area contributed by atoms with Crippen LogP contribution in [0, 0.1) is 5.82 Å². The van der Waals surface area contributed by atoms with Crippen molar-refractivity contribution in [1.82, 2.24) is 4.90 Å². The third-order valence-electron chi connectivity index (χ3n) is 6.22. The van der Waals surface area contributed by atoms with Crippen LogP contribution in [-0.4, -0.2) is 61.0 Å². The Bertz CT molecular complexity index is 1170. The van der Waals surface area contributed by atoms with Gasteiger partial charge in [0.25, 0.3) is 0 Å². The van der Waals surface area contributed by atoms with Crippen LogP contribution in [0.25, 0.3) is 0 Å². The Hall–Kier alpha value is -3.25.